The van der Waals surface area contributed by atoms with E-state index in [1.54, 1.807) is 9.22 Å². The molecule has 0 aliphatic carbocycles. The Hall–Kier alpha value is 0.600. The van der Waals surface area contributed by atoms with E-state index in [-0.39, 0.29) is 0 Å². The van der Waals surface area contributed by atoms with Gasteiger partial charge in [-0.05, 0) is 0 Å². The van der Waals surface area contributed by atoms with Gasteiger partial charge in [0.05, 0.1) is 22.9 Å². The average molecular weight is 321 g/mol. The lowest BCUT2D eigenvalue weighted by Crippen LogP contribution is -1.76. The molecule has 0 saturated carbocycles. The minimum Gasteiger partial charge on any atom is -0.209 e. The van der Waals surface area contributed by atoms with Crippen molar-refractivity contribution in [2.45, 2.75) is 0 Å². The van der Waals surface area contributed by atoms with Crippen molar-refractivity contribution < 1.29 is 0 Å². The highest BCUT2D eigenvalue weighted by Crippen LogP contribution is 1.95. The molecule has 0 spiro atoms. The Labute approximate surface area is 68.1 Å². The lowest BCUT2D eigenvalue weighted by Gasteiger charge is -1.72. The van der Waals surface area contributed by atoms with Gasteiger partial charge in [0.2, 0.25) is 3.83 Å². The molecule has 0 bridgehead atoms. The van der Waals surface area contributed by atoms with Crippen molar-refractivity contribution in [2.75, 3.05) is 0 Å². The van der Waals surface area contributed by atoms with Crippen LogP contribution in [0.4, 0.5) is 0 Å². The van der Waals surface area contributed by atoms with E-state index in [0.717, 1.165) is 3.83 Å². The first kappa shape index (κ1) is 5.73. The summed E-state index contributed by atoms with van der Waals surface area (Å²) >= 11 is 4.09. The van der Waals surface area contributed by atoms with Gasteiger partial charge in [-0.25, -0.2) is 4.98 Å². The molecule has 0 aromatic carbocycles. The van der Waals surface area contributed by atoms with Crippen molar-refractivity contribution in [3.8, 4) is 0 Å². The monoisotopic (exact) mass is 321 g/mol. The Morgan fingerprint density at radius 3 is 2.57 bits per heavy atom. The van der Waals surface area contributed by atoms with Gasteiger partial charge in [-0.2, -0.15) is 2.90 Å². The van der Waals surface area contributed by atoms with Gasteiger partial charge >= 0.3 is 0 Å². The molecular weight excluding hydrogens is 320 g/mol. The molecule has 0 unspecified atom stereocenters. The number of halogens is 2. The second kappa shape index (κ2) is 2.25. The van der Waals surface area contributed by atoms with Crippen molar-refractivity contribution in [1.29, 1.82) is 0 Å². The lowest BCUT2D eigenvalue weighted by atomic mass is 11.3. The molecule has 0 aliphatic heterocycles. The number of nitrogens with zero attached hydrogens (tertiary/aromatic N) is 3. The summed E-state index contributed by atoms with van der Waals surface area (Å²) in [4.78, 5) is 3.85. The van der Waals surface area contributed by atoms with Gasteiger partial charge in [-0.1, -0.05) is 0 Å². The third kappa shape index (κ3) is 1.52. The highest BCUT2D eigenvalue weighted by Gasteiger charge is 1.87. The molecule has 3 nitrogen and oxygen atoms in total. The lowest BCUT2D eigenvalue weighted by molar-refractivity contribution is 1.03. The van der Waals surface area contributed by atoms with Crippen LogP contribution < -0.4 is 0 Å². The first-order valence-corrected chi connectivity index (χ1v) is 3.57. The summed E-state index contributed by atoms with van der Waals surface area (Å²) in [6.45, 7) is 0. The maximum Gasteiger partial charge on any atom is 0.212 e. The molecule has 5 heteroatoms. The van der Waals surface area contributed by atoms with Crippen molar-refractivity contribution >= 4 is 45.5 Å². The van der Waals surface area contributed by atoms with Crippen molar-refractivity contribution in [2.24, 2.45) is 0 Å². The average Bonchev–Trinajstić information content (AvgIpc) is 1.87. The van der Waals surface area contributed by atoms with Crippen LogP contribution in [0.15, 0.2) is 6.33 Å². The zero-order valence-electron chi connectivity index (χ0n) is 3.17. The quantitative estimate of drug-likeness (QED) is 0.670. The zero-order chi connectivity index (χ0) is 5.28. The van der Waals surface area contributed by atoms with Gasteiger partial charge in [0.15, 0.2) is 0 Å². The Bertz CT molecular complexity index is 143. The molecule has 0 N–H and O–H groups in total. The molecule has 0 amide bonds. The van der Waals surface area contributed by atoms with Gasteiger partial charge in [-0.15, -0.1) is 5.10 Å². The van der Waals surface area contributed by atoms with Crippen LogP contribution >= 0.6 is 45.5 Å². The minimum absolute atomic E-state index is 0.784. The SMILES string of the molecule is Ic1ncn(I)n1. The highest BCUT2D eigenvalue weighted by molar-refractivity contribution is 14.1. The largest absolute Gasteiger partial charge is 0.212 e. The summed E-state index contributed by atoms with van der Waals surface area (Å²) < 4.78 is 2.42. The second-order valence-corrected chi connectivity index (χ2v) is 2.86. The summed E-state index contributed by atoms with van der Waals surface area (Å²) in [6, 6.07) is 0. The minimum atomic E-state index is 0.784. The van der Waals surface area contributed by atoms with Crippen molar-refractivity contribution in [1.82, 2.24) is 13.0 Å². The first-order valence-electron chi connectivity index (χ1n) is 1.52. The van der Waals surface area contributed by atoms with Crippen LogP contribution in [-0.2, 0) is 0 Å². The fraction of sp³-hybridized carbons (Fsp3) is 0. The van der Waals surface area contributed by atoms with E-state index >= 15 is 0 Å². The predicted molar refractivity (Wildman–Crippen MR) is 42.2 cm³/mol. The van der Waals surface area contributed by atoms with Crippen LogP contribution in [0, 0.1) is 3.83 Å². The Balaban J connectivity index is 3.04. The molecule has 0 aliphatic rings. The van der Waals surface area contributed by atoms with Crippen LogP contribution in [-0.4, -0.2) is 13.0 Å². The first-order chi connectivity index (χ1) is 3.29. The van der Waals surface area contributed by atoms with E-state index in [1.165, 1.54) is 0 Å². The molecule has 1 heterocycles. The highest BCUT2D eigenvalue weighted by atomic mass is 127. The van der Waals surface area contributed by atoms with E-state index in [4.69, 9.17) is 0 Å². The topological polar surface area (TPSA) is 30.7 Å². The summed E-state index contributed by atoms with van der Waals surface area (Å²) in [5.74, 6) is 0. The van der Waals surface area contributed by atoms with E-state index in [9.17, 15) is 0 Å². The molecule has 0 atom stereocenters. The van der Waals surface area contributed by atoms with Gasteiger partial charge < -0.3 is 0 Å². The van der Waals surface area contributed by atoms with Crippen molar-refractivity contribution in [3.05, 3.63) is 10.2 Å². The van der Waals surface area contributed by atoms with Crippen LogP contribution in [0.25, 0.3) is 0 Å². The predicted octanol–water partition coefficient (Wildman–Crippen LogP) is 1.08. The maximum absolute atomic E-state index is 3.89. The number of hydrogen-bond acceptors (Lipinski definition) is 2. The molecule has 0 fully saturated rings. The van der Waals surface area contributed by atoms with Crippen LogP contribution in [0.1, 0.15) is 0 Å². The third-order valence-corrected chi connectivity index (χ3v) is 1.40. The van der Waals surface area contributed by atoms with Crippen LogP contribution in [0.2, 0.25) is 0 Å². The summed E-state index contributed by atoms with van der Waals surface area (Å²) in [5.41, 5.74) is 0. The summed E-state index contributed by atoms with van der Waals surface area (Å²) in [6.07, 6.45) is 1.66. The van der Waals surface area contributed by atoms with Crippen molar-refractivity contribution in [3.63, 3.8) is 0 Å². The Morgan fingerprint density at radius 1 is 1.71 bits per heavy atom. The van der Waals surface area contributed by atoms with Crippen LogP contribution in [0.5, 0.6) is 0 Å². The normalized spacial score (nSPS) is 9.43. The maximum atomic E-state index is 3.89. The molecule has 7 heavy (non-hydrogen) atoms. The standard InChI is InChI=1S/C2HI2N3/c3-2-5-1-7(4)6-2/h1H. The van der Waals surface area contributed by atoms with Gasteiger partial charge in [0, 0.05) is 22.6 Å². The molecule has 1 aromatic heterocycles. The van der Waals surface area contributed by atoms with Crippen LogP contribution in [0.3, 0.4) is 0 Å². The fourth-order valence-electron chi connectivity index (χ4n) is 0.226. The molecule has 0 radical (unpaired) electrons. The smallest absolute Gasteiger partial charge is 0.209 e. The molecule has 1 aromatic rings. The molecule has 0 saturated heterocycles. The third-order valence-electron chi connectivity index (χ3n) is 0.438. The van der Waals surface area contributed by atoms with Gasteiger partial charge in [-0.3, -0.25) is 0 Å². The second-order valence-electron chi connectivity index (χ2n) is 0.902. The van der Waals surface area contributed by atoms with E-state index < -0.39 is 0 Å². The summed E-state index contributed by atoms with van der Waals surface area (Å²) in [5, 5.41) is 3.89. The Morgan fingerprint density at radius 2 is 2.43 bits per heavy atom. The van der Waals surface area contributed by atoms with E-state index in [0.29, 0.717) is 0 Å². The summed E-state index contributed by atoms with van der Waals surface area (Å²) in [7, 11) is 0. The van der Waals surface area contributed by atoms with E-state index in [1.807, 2.05) is 22.9 Å². The number of hydrogen-bond donors (Lipinski definition) is 0. The zero-order valence-corrected chi connectivity index (χ0v) is 7.49. The van der Waals surface area contributed by atoms with Gasteiger partial charge in [0.25, 0.3) is 0 Å². The molecule has 38 valence electrons. The molecule has 1 rings (SSSR count). The Kier molecular flexibility index (Phi) is 1.84. The fourth-order valence-corrected chi connectivity index (χ4v) is 1.32. The van der Waals surface area contributed by atoms with Gasteiger partial charge in [0.1, 0.15) is 6.33 Å². The number of aromatic nitrogens is 3. The molecular formula is C2HI2N3. The van der Waals surface area contributed by atoms with E-state index in [2.05, 4.69) is 32.7 Å². The number of rotatable bonds is 0.